The molecule has 0 aliphatic heterocycles. The van der Waals surface area contributed by atoms with Crippen molar-refractivity contribution in [3.8, 4) is 0 Å². The van der Waals surface area contributed by atoms with Gasteiger partial charge in [0.05, 0.1) is 24.7 Å². The fourth-order valence-electron chi connectivity index (χ4n) is 6.61. The molecule has 6 aromatic rings. The van der Waals surface area contributed by atoms with E-state index in [2.05, 4.69) is 106 Å². The molecule has 0 spiro atoms. The molecule has 4 aromatic carbocycles. The minimum absolute atomic E-state index is 0.151. The van der Waals surface area contributed by atoms with Gasteiger partial charge < -0.3 is 9.13 Å². The van der Waals surface area contributed by atoms with Gasteiger partial charge in [-0.2, -0.15) is 0 Å². The molecule has 47 heavy (non-hydrogen) atoms. The van der Waals surface area contributed by atoms with Crippen molar-refractivity contribution in [2.24, 2.45) is 0 Å². The van der Waals surface area contributed by atoms with Gasteiger partial charge in [0.1, 0.15) is 0 Å². The van der Waals surface area contributed by atoms with Crippen LogP contribution < -0.4 is 0 Å². The van der Waals surface area contributed by atoms with Gasteiger partial charge in [0.2, 0.25) is 0 Å². The molecule has 2 aromatic heterocycles. The molecular formula is C40H40Cl2N4S. The Morgan fingerprint density at radius 1 is 0.617 bits per heavy atom. The number of hydrogen-bond acceptors (Lipinski definition) is 3. The lowest BCUT2D eigenvalue weighted by Gasteiger charge is -2.27. The summed E-state index contributed by atoms with van der Waals surface area (Å²) < 4.78 is 4.54. The zero-order valence-electron chi connectivity index (χ0n) is 26.9. The highest BCUT2D eigenvalue weighted by Gasteiger charge is 2.25. The van der Waals surface area contributed by atoms with E-state index >= 15 is 0 Å². The topological polar surface area (TPSA) is 35.6 Å². The van der Waals surface area contributed by atoms with Crippen molar-refractivity contribution in [2.45, 2.75) is 74.2 Å². The van der Waals surface area contributed by atoms with E-state index < -0.39 is 0 Å². The first-order valence-electron chi connectivity index (χ1n) is 16.4. The molecule has 2 unspecified atom stereocenters. The number of imidazole rings is 2. The third-order valence-electron chi connectivity index (χ3n) is 8.66. The summed E-state index contributed by atoms with van der Waals surface area (Å²) in [6, 6.07) is 30.3. The second kappa shape index (κ2) is 15.9. The van der Waals surface area contributed by atoms with Gasteiger partial charge in [0.15, 0.2) is 0 Å². The number of benzene rings is 4. The predicted molar refractivity (Wildman–Crippen MR) is 196 cm³/mol. The molecule has 2 atom stereocenters. The Hall–Kier alpha value is -3.77. The predicted octanol–water partition coefficient (Wildman–Crippen LogP) is 11.5. The van der Waals surface area contributed by atoms with Gasteiger partial charge in [-0.3, -0.25) is 0 Å². The maximum absolute atomic E-state index is 6.45. The monoisotopic (exact) mass is 678 g/mol. The summed E-state index contributed by atoms with van der Waals surface area (Å²) in [5.74, 6) is 0. The highest BCUT2D eigenvalue weighted by Crippen LogP contribution is 2.44. The van der Waals surface area contributed by atoms with Gasteiger partial charge in [0, 0.05) is 44.6 Å². The van der Waals surface area contributed by atoms with Gasteiger partial charge in [-0.25, -0.2) is 9.97 Å². The number of rotatable bonds is 14. The van der Waals surface area contributed by atoms with Gasteiger partial charge >= 0.3 is 0 Å². The van der Waals surface area contributed by atoms with Gasteiger partial charge in [-0.1, -0.05) is 110 Å². The van der Waals surface area contributed by atoms with Crippen LogP contribution in [0.5, 0.6) is 0 Å². The smallest absolute Gasteiger partial charge is 0.0951 e. The first kappa shape index (κ1) is 33.1. The van der Waals surface area contributed by atoms with Crippen LogP contribution in [0.25, 0.3) is 0 Å². The molecular weight excluding hydrogens is 639 g/mol. The normalized spacial score (nSPS) is 12.7. The molecule has 0 radical (unpaired) electrons. The molecule has 7 heteroatoms. The van der Waals surface area contributed by atoms with Crippen molar-refractivity contribution < 1.29 is 0 Å². The molecule has 0 aliphatic carbocycles. The summed E-state index contributed by atoms with van der Waals surface area (Å²) >= 11 is 14.8. The molecule has 0 amide bonds. The fourth-order valence-corrected chi connectivity index (χ4v) is 8.32. The van der Waals surface area contributed by atoms with Crippen molar-refractivity contribution in [3.05, 3.63) is 166 Å². The van der Waals surface area contributed by atoms with E-state index in [0.29, 0.717) is 0 Å². The van der Waals surface area contributed by atoms with Crippen LogP contribution in [0.15, 0.2) is 132 Å². The van der Waals surface area contributed by atoms with Crippen molar-refractivity contribution in [2.75, 3.05) is 0 Å². The first-order chi connectivity index (χ1) is 23.0. The molecule has 0 N–H and O–H groups in total. The lowest BCUT2D eigenvalue weighted by molar-refractivity contribution is 0.520. The lowest BCUT2D eigenvalue weighted by atomic mass is 9.92. The van der Waals surface area contributed by atoms with Crippen LogP contribution in [0, 0.1) is 0 Å². The average molecular weight is 680 g/mol. The Labute approximate surface area is 292 Å². The molecule has 0 aliphatic rings. The van der Waals surface area contributed by atoms with E-state index in [9.17, 15) is 0 Å². The summed E-state index contributed by atoms with van der Waals surface area (Å²) in [6.45, 7) is 4.52. The molecule has 0 saturated heterocycles. The van der Waals surface area contributed by atoms with E-state index in [1.165, 1.54) is 43.2 Å². The standard InChI is InChI=1S/C40H40Cl2N4S/c1-3-9-35(45-21-19-43-27-45)39-31(23-29-11-5-15-33(41)25-29)13-7-17-37(39)47-38-18-8-14-32(24-30-12-6-16-34(42)26-30)40(38)36(10-4-2)46-22-20-44-28-46/h5-8,11-22,25-28,35-36H,3-4,9-10,23-24H2,1-2H3. The molecule has 0 fully saturated rings. The van der Waals surface area contributed by atoms with Gasteiger partial charge in [0.25, 0.3) is 0 Å². The highest BCUT2D eigenvalue weighted by molar-refractivity contribution is 7.99. The maximum Gasteiger partial charge on any atom is 0.0951 e. The van der Waals surface area contributed by atoms with Crippen LogP contribution in [0.4, 0.5) is 0 Å². The SMILES string of the molecule is CCCC(c1c(Cc2cccc(Cl)c2)cccc1Sc1cccc(Cc2cccc(Cl)c2)c1C(CCC)n1ccnc1)n1ccnc1. The van der Waals surface area contributed by atoms with Crippen LogP contribution >= 0.6 is 35.0 Å². The molecule has 2 heterocycles. The van der Waals surface area contributed by atoms with Crippen LogP contribution in [-0.4, -0.2) is 19.1 Å². The zero-order valence-corrected chi connectivity index (χ0v) is 29.2. The summed E-state index contributed by atoms with van der Waals surface area (Å²) in [5.41, 5.74) is 7.71. The van der Waals surface area contributed by atoms with Gasteiger partial charge in [-0.15, -0.1) is 0 Å². The number of nitrogens with zero attached hydrogens (tertiary/aromatic N) is 4. The van der Waals surface area contributed by atoms with Crippen LogP contribution in [-0.2, 0) is 12.8 Å². The third-order valence-corrected chi connectivity index (χ3v) is 10.3. The Kier molecular flexibility index (Phi) is 11.2. The van der Waals surface area contributed by atoms with E-state index in [0.717, 1.165) is 48.6 Å². The van der Waals surface area contributed by atoms with Crippen molar-refractivity contribution >= 4 is 35.0 Å². The third kappa shape index (κ3) is 8.03. The van der Waals surface area contributed by atoms with Gasteiger partial charge in [-0.05, 0) is 95.5 Å². The Bertz CT molecular complexity index is 1750. The highest BCUT2D eigenvalue weighted by atomic mass is 35.5. The molecule has 0 saturated carbocycles. The van der Waals surface area contributed by atoms with E-state index in [1.54, 1.807) is 0 Å². The number of halogens is 2. The average Bonchev–Trinajstić information content (AvgIpc) is 3.79. The zero-order chi connectivity index (χ0) is 32.6. The summed E-state index contributed by atoms with van der Waals surface area (Å²) in [5, 5.41) is 1.52. The summed E-state index contributed by atoms with van der Waals surface area (Å²) in [6.07, 6.45) is 17.6. The molecule has 4 nitrogen and oxygen atoms in total. The second-order valence-electron chi connectivity index (χ2n) is 12.0. The van der Waals surface area contributed by atoms with E-state index in [4.69, 9.17) is 23.2 Å². The second-order valence-corrected chi connectivity index (χ2v) is 14.0. The van der Waals surface area contributed by atoms with E-state index in [1.807, 2.05) is 61.1 Å². The number of hydrogen-bond donors (Lipinski definition) is 0. The van der Waals surface area contributed by atoms with E-state index in [-0.39, 0.29) is 12.1 Å². The largest absolute Gasteiger partial charge is 0.330 e. The Morgan fingerprint density at radius 2 is 1.06 bits per heavy atom. The maximum atomic E-state index is 6.45. The van der Waals surface area contributed by atoms with Crippen LogP contribution in [0.1, 0.15) is 85.0 Å². The lowest BCUT2D eigenvalue weighted by Crippen LogP contribution is -2.14. The molecule has 240 valence electrons. The number of aromatic nitrogens is 4. The fraction of sp³-hybridized carbons (Fsp3) is 0.250. The minimum Gasteiger partial charge on any atom is -0.330 e. The Balaban J connectivity index is 1.51. The molecule has 6 rings (SSSR count). The first-order valence-corrected chi connectivity index (χ1v) is 18.0. The van der Waals surface area contributed by atoms with Crippen molar-refractivity contribution in [1.29, 1.82) is 0 Å². The summed E-state index contributed by atoms with van der Waals surface area (Å²) in [7, 11) is 0. The quantitative estimate of drug-likeness (QED) is 0.115. The van der Waals surface area contributed by atoms with Crippen LogP contribution in [0.2, 0.25) is 10.0 Å². The van der Waals surface area contributed by atoms with Crippen molar-refractivity contribution in [3.63, 3.8) is 0 Å². The summed E-state index contributed by atoms with van der Waals surface area (Å²) in [4.78, 5) is 11.4. The van der Waals surface area contributed by atoms with Crippen LogP contribution in [0.3, 0.4) is 0 Å². The Morgan fingerprint density at radius 3 is 1.45 bits per heavy atom. The minimum atomic E-state index is 0.151. The molecule has 0 bridgehead atoms. The van der Waals surface area contributed by atoms with Crippen molar-refractivity contribution in [1.82, 2.24) is 19.1 Å².